The fraction of sp³-hybridized carbons (Fsp3) is 0.500. The van der Waals surface area contributed by atoms with Crippen molar-refractivity contribution in [2.75, 3.05) is 37.6 Å². The summed E-state index contributed by atoms with van der Waals surface area (Å²) in [6.07, 6.45) is -5.49. The Kier molecular flexibility index (Phi) is 5.87. The summed E-state index contributed by atoms with van der Waals surface area (Å²) in [7, 11) is 0. The number of pyridine rings is 2. The summed E-state index contributed by atoms with van der Waals surface area (Å²) in [5.74, 6) is -0.822. The molecule has 2 saturated heterocycles. The van der Waals surface area contributed by atoms with Gasteiger partial charge in [-0.05, 0) is 25.1 Å². The summed E-state index contributed by atoms with van der Waals surface area (Å²) < 4.78 is 60.3. The predicted molar refractivity (Wildman–Crippen MR) is 106 cm³/mol. The molecule has 32 heavy (non-hydrogen) atoms. The van der Waals surface area contributed by atoms with Crippen molar-refractivity contribution in [1.29, 1.82) is 5.26 Å². The van der Waals surface area contributed by atoms with E-state index in [1.54, 1.807) is 12.1 Å². The van der Waals surface area contributed by atoms with Gasteiger partial charge in [0.15, 0.2) is 17.9 Å². The SMILES string of the molecule is N#Cc1ncc(N2CC(C(=O)NC[C@]3(F)CCNC3)OC(C(F)(F)F)C2)c2cccnc12. The number of nitrogens with zero attached hydrogens (tertiary/aromatic N) is 4. The molecule has 2 fully saturated rings. The van der Waals surface area contributed by atoms with E-state index in [1.807, 2.05) is 6.07 Å². The molecule has 3 atom stereocenters. The van der Waals surface area contributed by atoms with Gasteiger partial charge in [-0.25, -0.2) is 9.37 Å². The molecule has 4 rings (SSSR count). The van der Waals surface area contributed by atoms with Crippen LogP contribution in [0.25, 0.3) is 10.9 Å². The zero-order chi connectivity index (χ0) is 22.9. The van der Waals surface area contributed by atoms with Crippen molar-refractivity contribution in [2.24, 2.45) is 0 Å². The number of nitrogens with one attached hydrogen (secondary N) is 2. The molecule has 0 saturated carbocycles. The molecule has 0 aliphatic carbocycles. The van der Waals surface area contributed by atoms with Crippen molar-refractivity contribution < 1.29 is 27.1 Å². The van der Waals surface area contributed by atoms with E-state index in [9.17, 15) is 27.6 Å². The van der Waals surface area contributed by atoms with Gasteiger partial charge in [0.05, 0.1) is 31.5 Å². The van der Waals surface area contributed by atoms with Crippen LogP contribution in [0.5, 0.6) is 0 Å². The molecular weight excluding hydrogens is 432 g/mol. The number of nitriles is 1. The van der Waals surface area contributed by atoms with Crippen LogP contribution >= 0.6 is 0 Å². The normalized spacial score (nSPS) is 26.2. The zero-order valence-corrected chi connectivity index (χ0v) is 16.8. The van der Waals surface area contributed by atoms with Crippen molar-refractivity contribution in [3.63, 3.8) is 0 Å². The third-order valence-electron chi connectivity index (χ3n) is 5.60. The number of amides is 1. The number of alkyl halides is 4. The Labute approximate surface area is 180 Å². The largest absolute Gasteiger partial charge is 0.416 e. The van der Waals surface area contributed by atoms with Crippen LogP contribution in [-0.2, 0) is 9.53 Å². The Morgan fingerprint density at radius 3 is 2.91 bits per heavy atom. The first kappa shape index (κ1) is 22.2. The number of fused-ring (bicyclic) bond motifs is 1. The quantitative estimate of drug-likeness (QED) is 0.677. The summed E-state index contributed by atoms with van der Waals surface area (Å²) in [5.41, 5.74) is -1.06. The van der Waals surface area contributed by atoms with Gasteiger partial charge in [0.2, 0.25) is 0 Å². The Bertz CT molecular complexity index is 1050. The molecule has 0 radical (unpaired) electrons. The fourth-order valence-corrected chi connectivity index (χ4v) is 3.90. The van der Waals surface area contributed by atoms with Crippen LogP contribution in [0.4, 0.5) is 23.2 Å². The second kappa shape index (κ2) is 8.48. The Morgan fingerprint density at radius 2 is 2.22 bits per heavy atom. The lowest BCUT2D eigenvalue weighted by Crippen LogP contribution is -2.58. The summed E-state index contributed by atoms with van der Waals surface area (Å²) in [4.78, 5) is 22.1. The highest BCUT2D eigenvalue weighted by molar-refractivity contribution is 5.94. The average Bonchev–Trinajstić information content (AvgIpc) is 3.22. The average molecular weight is 452 g/mol. The third kappa shape index (κ3) is 4.44. The van der Waals surface area contributed by atoms with Crippen molar-refractivity contribution in [1.82, 2.24) is 20.6 Å². The molecule has 2 aromatic rings. The van der Waals surface area contributed by atoms with E-state index < -0.39 is 36.5 Å². The van der Waals surface area contributed by atoms with E-state index in [4.69, 9.17) is 4.74 Å². The number of morpholine rings is 1. The molecule has 2 aliphatic heterocycles. The molecular formula is C20H20F4N6O2. The Balaban J connectivity index is 1.61. The molecule has 2 aromatic heterocycles. The van der Waals surface area contributed by atoms with Crippen LogP contribution in [0.3, 0.4) is 0 Å². The van der Waals surface area contributed by atoms with Gasteiger partial charge in [-0.3, -0.25) is 9.78 Å². The van der Waals surface area contributed by atoms with Gasteiger partial charge in [0.1, 0.15) is 17.3 Å². The number of anilines is 1. The molecule has 1 amide bonds. The van der Waals surface area contributed by atoms with Gasteiger partial charge in [0, 0.05) is 18.1 Å². The fourth-order valence-electron chi connectivity index (χ4n) is 3.90. The highest BCUT2D eigenvalue weighted by atomic mass is 19.4. The molecule has 4 heterocycles. The van der Waals surface area contributed by atoms with Crippen molar-refractivity contribution in [2.45, 2.75) is 30.5 Å². The van der Waals surface area contributed by atoms with E-state index in [2.05, 4.69) is 20.6 Å². The maximum atomic E-state index is 14.5. The number of hydrogen-bond acceptors (Lipinski definition) is 7. The van der Waals surface area contributed by atoms with E-state index >= 15 is 0 Å². The van der Waals surface area contributed by atoms with Gasteiger partial charge in [-0.1, -0.05) is 0 Å². The number of aromatic nitrogens is 2. The lowest BCUT2D eigenvalue weighted by Gasteiger charge is -2.39. The first-order chi connectivity index (χ1) is 15.2. The molecule has 8 nitrogen and oxygen atoms in total. The molecule has 2 N–H and O–H groups in total. The molecule has 2 aliphatic rings. The number of carbonyl (C=O) groups excluding carboxylic acids is 1. The van der Waals surface area contributed by atoms with Crippen LogP contribution in [0.2, 0.25) is 0 Å². The van der Waals surface area contributed by atoms with E-state index in [-0.39, 0.29) is 37.3 Å². The summed E-state index contributed by atoms with van der Waals surface area (Å²) in [6.45, 7) is -0.564. The van der Waals surface area contributed by atoms with Crippen LogP contribution in [0.15, 0.2) is 24.5 Å². The van der Waals surface area contributed by atoms with Crippen molar-refractivity contribution >= 4 is 22.5 Å². The van der Waals surface area contributed by atoms with Gasteiger partial charge in [-0.2, -0.15) is 18.4 Å². The summed E-state index contributed by atoms with van der Waals surface area (Å²) in [5, 5.41) is 14.9. The maximum Gasteiger partial charge on any atom is 0.416 e. The highest BCUT2D eigenvalue weighted by Gasteiger charge is 2.48. The highest BCUT2D eigenvalue weighted by Crippen LogP contribution is 2.33. The minimum atomic E-state index is -4.72. The smallest absolute Gasteiger partial charge is 0.364 e. The lowest BCUT2D eigenvalue weighted by atomic mass is 10.1. The topological polar surface area (TPSA) is 103 Å². The molecule has 0 bridgehead atoms. The number of carbonyl (C=O) groups is 1. The van der Waals surface area contributed by atoms with Gasteiger partial charge in [-0.15, -0.1) is 0 Å². The Hall–Kier alpha value is -3.04. The second-order valence-electron chi connectivity index (χ2n) is 7.86. The molecule has 12 heteroatoms. The third-order valence-corrected chi connectivity index (χ3v) is 5.60. The molecule has 0 aromatic carbocycles. The van der Waals surface area contributed by atoms with E-state index in [1.165, 1.54) is 17.3 Å². The van der Waals surface area contributed by atoms with Crippen LogP contribution < -0.4 is 15.5 Å². The van der Waals surface area contributed by atoms with Crippen molar-refractivity contribution in [3.8, 4) is 6.07 Å². The monoisotopic (exact) mass is 452 g/mol. The second-order valence-corrected chi connectivity index (χ2v) is 7.86. The number of rotatable bonds is 4. The maximum absolute atomic E-state index is 14.5. The first-order valence-corrected chi connectivity index (χ1v) is 9.98. The van der Waals surface area contributed by atoms with Gasteiger partial charge < -0.3 is 20.3 Å². The summed E-state index contributed by atoms with van der Waals surface area (Å²) in [6, 6.07) is 5.12. The number of ether oxygens (including phenoxy) is 1. The number of halogens is 4. The minimum Gasteiger partial charge on any atom is -0.364 e. The Morgan fingerprint density at radius 1 is 1.41 bits per heavy atom. The predicted octanol–water partition coefficient (Wildman–Crippen LogP) is 1.46. The van der Waals surface area contributed by atoms with E-state index in [0.717, 1.165) is 0 Å². The molecule has 0 spiro atoms. The van der Waals surface area contributed by atoms with Crippen LogP contribution in [-0.4, -0.2) is 72.7 Å². The first-order valence-electron chi connectivity index (χ1n) is 9.98. The van der Waals surface area contributed by atoms with Gasteiger partial charge >= 0.3 is 6.18 Å². The molecule has 2 unspecified atom stereocenters. The molecule has 170 valence electrons. The van der Waals surface area contributed by atoms with E-state index in [0.29, 0.717) is 17.6 Å². The standard InChI is InChI=1S/C20H20F4N6O2/c21-19(3-5-26-10-19)11-29-18(31)15-8-30(9-16(32-15)20(22,23)24)14-7-28-13(6-25)17-12(14)2-1-4-27-17/h1-2,4,7,15-16,26H,3,5,8-11H2,(H,29,31)/t15?,16?,19-/m0/s1. The van der Waals surface area contributed by atoms with Gasteiger partial charge in [0.25, 0.3) is 5.91 Å². The number of hydrogen-bond donors (Lipinski definition) is 2. The van der Waals surface area contributed by atoms with Crippen LogP contribution in [0, 0.1) is 11.3 Å². The lowest BCUT2D eigenvalue weighted by molar-refractivity contribution is -0.234. The minimum absolute atomic E-state index is 0.0395. The van der Waals surface area contributed by atoms with Crippen LogP contribution in [0.1, 0.15) is 12.1 Å². The zero-order valence-electron chi connectivity index (χ0n) is 16.8. The summed E-state index contributed by atoms with van der Waals surface area (Å²) >= 11 is 0. The van der Waals surface area contributed by atoms with Crippen molar-refractivity contribution in [3.05, 3.63) is 30.2 Å².